The Morgan fingerprint density at radius 3 is 2.16 bits per heavy atom. The van der Waals surface area contributed by atoms with Gasteiger partial charge in [-0.3, -0.25) is 0 Å². The lowest BCUT2D eigenvalue weighted by Gasteiger charge is -2.25. The molecule has 0 saturated carbocycles. The van der Waals surface area contributed by atoms with Gasteiger partial charge >= 0.3 is 0 Å². The minimum Gasteiger partial charge on any atom is -0.248 e. The fourth-order valence-electron chi connectivity index (χ4n) is 1.92. The molecule has 0 aliphatic rings. The Labute approximate surface area is 118 Å². The lowest BCUT2D eigenvalue weighted by Crippen LogP contribution is -2.30. The second-order valence-electron chi connectivity index (χ2n) is 5.68. The lowest BCUT2D eigenvalue weighted by atomic mass is 9.87. The molecule has 19 heavy (non-hydrogen) atoms. The van der Waals surface area contributed by atoms with Gasteiger partial charge in [0, 0.05) is 18.0 Å². The summed E-state index contributed by atoms with van der Waals surface area (Å²) >= 11 is 0. The number of hydrogen-bond donors (Lipinski definition) is 0. The van der Waals surface area contributed by atoms with Crippen molar-refractivity contribution in [2.45, 2.75) is 38.0 Å². The van der Waals surface area contributed by atoms with Crippen LogP contribution in [0.3, 0.4) is 0 Å². The van der Waals surface area contributed by atoms with Gasteiger partial charge in [-0.05, 0) is 29.0 Å². The number of benzene rings is 1. The van der Waals surface area contributed by atoms with Crippen molar-refractivity contribution in [3.63, 3.8) is 0 Å². The molecular weight excluding hydrogens is 254 g/mol. The van der Waals surface area contributed by atoms with E-state index in [0.717, 1.165) is 4.90 Å². The molecule has 1 rings (SSSR count). The first kappa shape index (κ1) is 16.0. The van der Waals surface area contributed by atoms with Crippen molar-refractivity contribution in [2.24, 2.45) is 0 Å². The standard InChI is InChI=1S/C16H25NOS/c1-7-13-17(8-2)19(6,18)15-11-9-14(10-12-15)16(3,4)5/h7,9-12H,1,6,8,13H2,2-5H3. The molecule has 0 fully saturated rings. The normalized spacial score (nSPS) is 15.2. The van der Waals surface area contributed by atoms with Crippen molar-refractivity contribution in [2.75, 3.05) is 13.1 Å². The maximum atomic E-state index is 12.8. The quantitative estimate of drug-likeness (QED) is 0.597. The highest BCUT2D eigenvalue weighted by molar-refractivity contribution is 7.98. The van der Waals surface area contributed by atoms with Crippen LogP contribution in [0.4, 0.5) is 0 Å². The Bertz CT molecular complexity index is 521. The predicted molar refractivity (Wildman–Crippen MR) is 86.1 cm³/mol. The van der Waals surface area contributed by atoms with Crippen LogP contribution in [0.15, 0.2) is 41.8 Å². The van der Waals surface area contributed by atoms with Crippen LogP contribution in [0, 0.1) is 0 Å². The third-order valence-electron chi connectivity index (χ3n) is 3.19. The van der Waals surface area contributed by atoms with Gasteiger partial charge in [-0.15, -0.1) is 6.58 Å². The molecule has 0 aliphatic heterocycles. The van der Waals surface area contributed by atoms with Gasteiger partial charge in [-0.25, -0.2) is 8.51 Å². The summed E-state index contributed by atoms with van der Waals surface area (Å²) in [5.74, 6) is 3.93. The summed E-state index contributed by atoms with van der Waals surface area (Å²) in [5, 5.41) is 0. The average Bonchev–Trinajstić information content (AvgIpc) is 2.34. The Hall–Kier alpha value is -1.06. The average molecular weight is 279 g/mol. The van der Waals surface area contributed by atoms with Crippen molar-refractivity contribution in [3.8, 4) is 0 Å². The van der Waals surface area contributed by atoms with Crippen LogP contribution in [-0.4, -0.2) is 27.5 Å². The first-order chi connectivity index (χ1) is 8.73. The molecule has 1 unspecified atom stereocenters. The van der Waals surface area contributed by atoms with E-state index in [4.69, 9.17) is 0 Å². The van der Waals surface area contributed by atoms with Gasteiger partial charge < -0.3 is 0 Å². The Morgan fingerprint density at radius 2 is 1.79 bits per heavy atom. The van der Waals surface area contributed by atoms with E-state index in [2.05, 4.69) is 33.2 Å². The van der Waals surface area contributed by atoms with E-state index in [-0.39, 0.29) is 5.41 Å². The van der Waals surface area contributed by atoms with E-state index in [1.807, 2.05) is 35.5 Å². The monoisotopic (exact) mass is 279 g/mol. The van der Waals surface area contributed by atoms with E-state index in [0.29, 0.717) is 13.1 Å². The largest absolute Gasteiger partial charge is 0.248 e. The molecule has 1 aromatic carbocycles. The maximum Gasteiger partial charge on any atom is 0.0561 e. The van der Waals surface area contributed by atoms with Gasteiger partial charge in [0.05, 0.1) is 9.71 Å². The molecule has 0 saturated heterocycles. The van der Waals surface area contributed by atoms with Crippen LogP contribution in [0.25, 0.3) is 0 Å². The van der Waals surface area contributed by atoms with Gasteiger partial charge in [0.25, 0.3) is 0 Å². The molecule has 0 heterocycles. The molecule has 1 aromatic rings. The summed E-state index contributed by atoms with van der Waals surface area (Å²) in [7, 11) is -2.41. The predicted octanol–water partition coefficient (Wildman–Crippen LogP) is 3.48. The summed E-state index contributed by atoms with van der Waals surface area (Å²) in [6.45, 7) is 13.5. The Morgan fingerprint density at radius 1 is 1.26 bits per heavy atom. The molecule has 1 atom stereocenters. The summed E-state index contributed by atoms with van der Waals surface area (Å²) < 4.78 is 14.7. The van der Waals surface area contributed by atoms with Gasteiger partial charge in [-0.2, -0.15) is 0 Å². The molecule has 106 valence electrons. The molecule has 2 nitrogen and oxygen atoms in total. The molecule has 0 bridgehead atoms. The van der Waals surface area contributed by atoms with Crippen molar-refractivity contribution < 1.29 is 4.21 Å². The summed E-state index contributed by atoms with van der Waals surface area (Å²) in [5.41, 5.74) is 1.34. The van der Waals surface area contributed by atoms with Crippen molar-refractivity contribution in [3.05, 3.63) is 42.5 Å². The highest BCUT2D eigenvalue weighted by Crippen LogP contribution is 2.24. The van der Waals surface area contributed by atoms with Gasteiger partial charge in [-0.1, -0.05) is 45.9 Å². The van der Waals surface area contributed by atoms with E-state index in [1.165, 1.54) is 5.56 Å². The number of hydrogen-bond acceptors (Lipinski definition) is 1. The van der Waals surface area contributed by atoms with Crippen molar-refractivity contribution >= 4 is 15.6 Å². The first-order valence-electron chi connectivity index (χ1n) is 6.57. The third kappa shape index (κ3) is 3.71. The van der Waals surface area contributed by atoms with E-state index in [9.17, 15) is 4.21 Å². The van der Waals surface area contributed by atoms with Gasteiger partial charge in [0.15, 0.2) is 0 Å². The van der Waals surface area contributed by atoms with Crippen LogP contribution in [0.2, 0.25) is 0 Å². The minimum absolute atomic E-state index is 0.103. The zero-order valence-electron chi connectivity index (χ0n) is 12.5. The molecule has 0 spiro atoms. The molecule has 0 radical (unpaired) electrons. The fraction of sp³-hybridized carbons (Fsp3) is 0.438. The summed E-state index contributed by atoms with van der Waals surface area (Å²) in [4.78, 5) is 0.782. The van der Waals surface area contributed by atoms with Crippen molar-refractivity contribution in [1.29, 1.82) is 0 Å². The van der Waals surface area contributed by atoms with E-state index in [1.54, 1.807) is 6.08 Å². The van der Waals surface area contributed by atoms with Crippen LogP contribution >= 0.6 is 0 Å². The lowest BCUT2D eigenvalue weighted by molar-refractivity contribution is 0.507. The zero-order valence-corrected chi connectivity index (χ0v) is 13.3. The van der Waals surface area contributed by atoms with Crippen LogP contribution in [-0.2, 0) is 15.1 Å². The Balaban J connectivity index is 3.12. The number of likely N-dealkylation sites (N-methyl/N-ethyl adjacent to an activating group) is 1. The van der Waals surface area contributed by atoms with Crippen LogP contribution in [0.1, 0.15) is 33.3 Å². The maximum absolute atomic E-state index is 12.8. The smallest absolute Gasteiger partial charge is 0.0561 e. The second kappa shape index (κ2) is 5.93. The molecule has 3 heteroatoms. The summed E-state index contributed by atoms with van der Waals surface area (Å²) in [6, 6.07) is 7.95. The van der Waals surface area contributed by atoms with Crippen LogP contribution in [0.5, 0.6) is 0 Å². The molecule has 0 aliphatic carbocycles. The van der Waals surface area contributed by atoms with Crippen molar-refractivity contribution in [1.82, 2.24) is 4.31 Å². The fourth-order valence-corrected chi connectivity index (χ4v) is 3.54. The zero-order chi connectivity index (χ0) is 14.7. The number of rotatable bonds is 5. The van der Waals surface area contributed by atoms with Gasteiger partial charge in [0.1, 0.15) is 0 Å². The minimum atomic E-state index is -2.41. The van der Waals surface area contributed by atoms with Crippen LogP contribution < -0.4 is 0 Å². The highest BCUT2D eigenvalue weighted by Gasteiger charge is 2.18. The third-order valence-corrected chi connectivity index (χ3v) is 5.44. The molecule has 0 amide bonds. The summed E-state index contributed by atoms with van der Waals surface area (Å²) in [6.07, 6.45) is 1.76. The molecule has 0 N–H and O–H groups in total. The highest BCUT2D eigenvalue weighted by atomic mass is 32.2. The Kier molecular flexibility index (Phi) is 4.99. The first-order valence-corrected chi connectivity index (χ1v) is 8.25. The second-order valence-corrected chi connectivity index (χ2v) is 7.95. The van der Waals surface area contributed by atoms with E-state index < -0.39 is 9.71 Å². The van der Waals surface area contributed by atoms with Gasteiger partial charge in [0.2, 0.25) is 0 Å². The number of nitrogens with zero attached hydrogens (tertiary/aromatic N) is 1. The topological polar surface area (TPSA) is 20.3 Å². The SMILES string of the molecule is C=CCN(CC)S(=C)(=O)c1ccc(C(C)(C)C)cc1. The molecular formula is C16H25NOS. The van der Waals surface area contributed by atoms with E-state index >= 15 is 0 Å². The molecule has 0 aromatic heterocycles.